The molecule has 0 aliphatic carbocycles. The Morgan fingerprint density at radius 1 is 1.23 bits per heavy atom. The molecule has 1 saturated heterocycles. The number of benzene rings is 1. The number of sulfone groups is 1. The van der Waals surface area contributed by atoms with Crippen molar-refractivity contribution in [2.45, 2.75) is 45.1 Å². The molecule has 1 heterocycles. The molecule has 1 amide bonds. The first kappa shape index (κ1) is 17.0. The van der Waals surface area contributed by atoms with E-state index in [0.29, 0.717) is 12.8 Å². The van der Waals surface area contributed by atoms with Crippen molar-refractivity contribution in [3.05, 3.63) is 35.4 Å². The Bertz CT molecular complexity index is 607. The summed E-state index contributed by atoms with van der Waals surface area (Å²) in [6, 6.07) is 8.00. The molecule has 1 aliphatic rings. The van der Waals surface area contributed by atoms with Gasteiger partial charge in [0.15, 0.2) is 9.84 Å². The summed E-state index contributed by atoms with van der Waals surface area (Å²) in [6.45, 7) is 2.17. The third-order valence-corrected chi connectivity index (χ3v) is 6.10. The highest BCUT2D eigenvalue weighted by molar-refractivity contribution is 7.91. The molecule has 22 heavy (non-hydrogen) atoms. The van der Waals surface area contributed by atoms with Gasteiger partial charge in [0.1, 0.15) is 0 Å². The first-order valence-electron chi connectivity index (χ1n) is 7.95. The lowest BCUT2D eigenvalue weighted by Gasteiger charge is -2.23. The van der Waals surface area contributed by atoms with Gasteiger partial charge < -0.3 is 4.90 Å². The SMILES string of the molecule is CCCCc1ccc(CC(=O)N(C)C2CCS(=O)(=O)C2)cc1. The smallest absolute Gasteiger partial charge is 0.227 e. The molecule has 0 saturated carbocycles. The first-order chi connectivity index (χ1) is 10.4. The lowest BCUT2D eigenvalue weighted by Crippen LogP contribution is -2.38. The minimum atomic E-state index is -2.96. The summed E-state index contributed by atoms with van der Waals surface area (Å²) in [5.74, 6) is 0.287. The molecule has 1 aliphatic heterocycles. The Morgan fingerprint density at radius 3 is 2.41 bits per heavy atom. The van der Waals surface area contributed by atoms with Crippen LogP contribution < -0.4 is 0 Å². The number of unbranched alkanes of at least 4 members (excludes halogenated alkanes) is 1. The largest absolute Gasteiger partial charge is 0.341 e. The van der Waals surface area contributed by atoms with E-state index >= 15 is 0 Å². The molecule has 1 unspecified atom stereocenters. The summed E-state index contributed by atoms with van der Waals surface area (Å²) < 4.78 is 23.0. The number of rotatable bonds is 6. The molecular weight excluding hydrogens is 298 g/mol. The molecule has 4 nitrogen and oxygen atoms in total. The van der Waals surface area contributed by atoms with Crippen LogP contribution in [0.5, 0.6) is 0 Å². The van der Waals surface area contributed by atoms with Crippen LogP contribution in [0.2, 0.25) is 0 Å². The monoisotopic (exact) mass is 323 g/mol. The molecule has 1 aromatic carbocycles. The lowest BCUT2D eigenvalue weighted by molar-refractivity contribution is -0.130. The zero-order valence-electron chi connectivity index (χ0n) is 13.4. The van der Waals surface area contributed by atoms with Crippen LogP contribution in [-0.2, 0) is 27.5 Å². The molecular formula is C17H25NO3S. The maximum absolute atomic E-state index is 12.3. The quantitative estimate of drug-likeness (QED) is 0.806. The van der Waals surface area contributed by atoms with Crippen molar-refractivity contribution in [1.29, 1.82) is 0 Å². The molecule has 0 N–H and O–H groups in total. The molecule has 1 fully saturated rings. The number of carbonyl (C=O) groups excluding carboxylic acids is 1. The fraction of sp³-hybridized carbons (Fsp3) is 0.588. The maximum Gasteiger partial charge on any atom is 0.227 e. The van der Waals surface area contributed by atoms with Crippen LogP contribution >= 0.6 is 0 Å². The highest BCUT2D eigenvalue weighted by Gasteiger charge is 2.32. The summed E-state index contributed by atoms with van der Waals surface area (Å²) in [7, 11) is -1.24. The van der Waals surface area contributed by atoms with Crippen molar-refractivity contribution in [1.82, 2.24) is 4.90 Å². The summed E-state index contributed by atoms with van der Waals surface area (Å²) in [5.41, 5.74) is 2.28. The predicted octanol–water partition coefficient (Wildman–Crippen LogP) is 2.22. The van der Waals surface area contributed by atoms with Gasteiger partial charge in [0.05, 0.1) is 17.9 Å². The standard InChI is InChI=1S/C17H25NO3S/c1-3-4-5-14-6-8-15(9-7-14)12-17(19)18(2)16-10-11-22(20,21)13-16/h6-9,16H,3-5,10-13H2,1-2H3. The van der Waals surface area contributed by atoms with Crippen LogP contribution in [0, 0.1) is 0 Å². The number of nitrogens with zero attached hydrogens (tertiary/aromatic N) is 1. The van der Waals surface area contributed by atoms with Crippen molar-refractivity contribution < 1.29 is 13.2 Å². The van der Waals surface area contributed by atoms with E-state index in [4.69, 9.17) is 0 Å². The molecule has 5 heteroatoms. The third kappa shape index (κ3) is 4.57. The highest BCUT2D eigenvalue weighted by Crippen LogP contribution is 2.18. The average molecular weight is 323 g/mol. The second-order valence-electron chi connectivity index (χ2n) is 6.16. The van der Waals surface area contributed by atoms with Crippen molar-refractivity contribution in [2.24, 2.45) is 0 Å². The third-order valence-electron chi connectivity index (χ3n) is 4.35. The number of amides is 1. The van der Waals surface area contributed by atoms with Crippen LogP contribution in [0.1, 0.15) is 37.3 Å². The molecule has 1 aromatic rings. The summed E-state index contributed by atoms with van der Waals surface area (Å²) in [6.07, 6.45) is 4.32. The van der Waals surface area contributed by atoms with E-state index in [-0.39, 0.29) is 23.5 Å². The van der Waals surface area contributed by atoms with Crippen LogP contribution in [0.4, 0.5) is 0 Å². The van der Waals surface area contributed by atoms with Crippen LogP contribution in [0.25, 0.3) is 0 Å². The maximum atomic E-state index is 12.3. The first-order valence-corrected chi connectivity index (χ1v) is 9.77. The minimum Gasteiger partial charge on any atom is -0.341 e. The minimum absolute atomic E-state index is 0.0107. The zero-order chi connectivity index (χ0) is 16.2. The van der Waals surface area contributed by atoms with Crippen LogP contribution in [-0.4, -0.2) is 43.8 Å². The summed E-state index contributed by atoms with van der Waals surface area (Å²) in [5, 5.41) is 0. The molecule has 122 valence electrons. The van der Waals surface area contributed by atoms with Crippen molar-refractivity contribution in [2.75, 3.05) is 18.6 Å². The van der Waals surface area contributed by atoms with Crippen LogP contribution in [0.15, 0.2) is 24.3 Å². The number of carbonyl (C=O) groups is 1. The van der Waals surface area contributed by atoms with E-state index in [1.807, 2.05) is 12.1 Å². The number of likely N-dealkylation sites (N-methyl/N-ethyl adjacent to an activating group) is 1. The molecule has 0 radical (unpaired) electrons. The Balaban J connectivity index is 1.91. The normalized spacial score (nSPS) is 20.0. The fourth-order valence-electron chi connectivity index (χ4n) is 2.79. The van der Waals surface area contributed by atoms with Gasteiger partial charge in [-0.05, 0) is 30.4 Å². The number of aryl methyl sites for hydroxylation is 1. The molecule has 0 bridgehead atoms. The second-order valence-corrected chi connectivity index (χ2v) is 8.39. The van der Waals surface area contributed by atoms with E-state index in [2.05, 4.69) is 19.1 Å². The zero-order valence-corrected chi connectivity index (χ0v) is 14.2. The van der Waals surface area contributed by atoms with Crippen molar-refractivity contribution in [3.8, 4) is 0 Å². The van der Waals surface area contributed by atoms with Gasteiger partial charge in [0, 0.05) is 13.1 Å². The van der Waals surface area contributed by atoms with E-state index in [1.165, 1.54) is 18.4 Å². The van der Waals surface area contributed by atoms with E-state index in [9.17, 15) is 13.2 Å². The average Bonchev–Trinajstić information content (AvgIpc) is 2.86. The summed E-state index contributed by atoms with van der Waals surface area (Å²) in [4.78, 5) is 13.9. The van der Waals surface area contributed by atoms with Gasteiger partial charge in [0.25, 0.3) is 0 Å². The fourth-order valence-corrected chi connectivity index (χ4v) is 4.56. The van der Waals surface area contributed by atoms with Gasteiger partial charge >= 0.3 is 0 Å². The van der Waals surface area contributed by atoms with Gasteiger partial charge in [0.2, 0.25) is 5.91 Å². The lowest BCUT2D eigenvalue weighted by atomic mass is 10.0. The van der Waals surface area contributed by atoms with Crippen molar-refractivity contribution in [3.63, 3.8) is 0 Å². The van der Waals surface area contributed by atoms with E-state index in [1.54, 1.807) is 11.9 Å². The Hall–Kier alpha value is -1.36. The second kappa shape index (κ2) is 7.27. The number of hydrogen-bond acceptors (Lipinski definition) is 3. The molecule has 0 spiro atoms. The Kier molecular flexibility index (Phi) is 5.62. The predicted molar refractivity (Wildman–Crippen MR) is 88.6 cm³/mol. The van der Waals surface area contributed by atoms with Gasteiger partial charge in [-0.1, -0.05) is 37.6 Å². The van der Waals surface area contributed by atoms with Gasteiger partial charge in [-0.2, -0.15) is 0 Å². The van der Waals surface area contributed by atoms with Gasteiger partial charge in [-0.3, -0.25) is 4.79 Å². The van der Waals surface area contributed by atoms with Gasteiger partial charge in [-0.15, -0.1) is 0 Å². The van der Waals surface area contributed by atoms with E-state index < -0.39 is 9.84 Å². The van der Waals surface area contributed by atoms with Crippen LogP contribution in [0.3, 0.4) is 0 Å². The number of hydrogen-bond donors (Lipinski definition) is 0. The highest BCUT2D eigenvalue weighted by atomic mass is 32.2. The van der Waals surface area contributed by atoms with E-state index in [0.717, 1.165) is 12.0 Å². The topological polar surface area (TPSA) is 54.5 Å². The van der Waals surface area contributed by atoms with Crippen molar-refractivity contribution >= 4 is 15.7 Å². The molecule has 1 atom stereocenters. The van der Waals surface area contributed by atoms with Gasteiger partial charge in [-0.25, -0.2) is 8.42 Å². The molecule has 2 rings (SSSR count). The molecule has 0 aromatic heterocycles. The Morgan fingerprint density at radius 2 is 1.86 bits per heavy atom. The Labute approximate surface area is 133 Å². The summed E-state index contributed by atoms with van der Waals surface area (Å²) >= 11 is 0.